The second kappa shape index (κ2) is 6.89. The molecule has 1 unspecified atom stereocenters. The first kappa shape index (κ1) is 15.0. The van der Waals surface area contributed by atoms with Gasteiger partial charge < -0.3 is 4.74 Å². The van der Waals surface area contributed by atoms with Crippen molar-refractivity contribution in [3.63, 3.8) is 0 Å². The summed E-state index contributed by atoms with van der Waals surface area (Å²) >= 11 is 3.00. The van der Waals surface area contributed by atoms with Gasteiger partial charge in [0.25, 0.3) is 0 Å². The monoisotopic (exact) mass is 330 g/mol. The van der Waals surface area contributed by atoms with Crippen molar-refractivity contribution in [3.05, 3.63) is 53.8 Å². The zero-order valence-electron chi connectivity index (χ0n) is 11.9. The van der Waals surface area contributed by atoms with Crippen LogP contribution in [0.2, 0.25) is 0 Å². The molecule has 4 nitrogen and oxygen atoms in total. The molecular formula is C16H14N2O2S2. The zero-order chi connectivity index (χ0) is 15.4. The van der Waals surface area contributed by atoms with Crippen LogP contribution in [0.25, 0.3) is 10.2 Å². The molecule has 0 saturated carbocycles. The Bertz CT molecular complexity index is 741. The van der Waals surface area contributed by atoms with Gasteiger partial charge in [0, 0.05) is 17.3 Å². The quantitative estimate of drug-likeness (QED) is 0.521. The maximum atomic E-state index is 11.9. The first-order chi connectivity index (χ1) is 10.7. The lowest BCUT2D eigenvalue weighted by molar-refractivity contribution is -0.145. The highest BCUT2D eigenvalue weighted by Gasteiger charge is 2.16. The molecule has 22 heavy (non-hydrogen) atoms. The molecule has 0 aliphatic heterocycles. The number of nitrogens with zero attached hydrogens (tertiary/aromatic N) is 2. The maximum absolute atomic E-state index is 11.9. The second-order valence-corrected chi connectivity index (χ2v) is 6.73. The molecule has 0 N–H and O–H groups in total. The average molecular weight is 330 g/mol. The topological polar surface area (TPSA) is 52.1 Å². The van der Waals surface area contributed by atoms with Gasteiger partial charge in [-0.3, -0.25) is 9.78 Å². The number of esters is 1. The van der Waals surface area contributed by atoms with Crippen LogP contribution < -0.4 is 0 Å². The van der Waals surface area contributed by atoms with Crippen molar-refractivity contribution in [2.45, 2.75) is 17.9 Å². The summed E-state index contributed by atoms with van der Waals surface area (Å²) in [6.07, 6.45) is 3.08. The number of para-hydroxylation sites is 1. The first-order valence-corrected chi connectivity index (χ1v) is 8.60. The fraction of sp³-hybridized carbons (Fsp3) is 0.188. The number of fused-ring (bicyclic) bond motifs is 1. The number of thiazole rings is 1. The molecule has 0 radical (unpaired) electrons. The molecule has 0 bridgehead atoms. The summed E-state index contributed by atoms with van der Waals surface area (Å²) in [5.74, 6) is 0.0350. The van der Waals surface area contributed by atoms with E-state index in [9.17, 15) is 4.79 Å². The number of carbonyl (C=O) groups excluding carboxylic acids is 1. The minimum Gasteiger partial charge on any atom is -0.455 e. The summed E-state index contributed by atoms with van der Waals surface area (Å²) in [5.41, 5.74) is 0.941. The van der Waals surface area contributed by atoms with Crippen LogP contribution in [0.3, 0.4) is 0 Å². The van der Waals surface area contributed by atoms with Crippen molar-refractivity contribution in [1.29, 1.82) is 0 Å². The highest BCUT2D eigenvalue weighted by molar-refractivity contribution is 8.00. The van der Waals surface area contributed by atoms with E-state index in [1.54, 1.807) is 23.7 Å². The van der Waals surface area contributed by atoms with Crippen LogP contribution in [0.4, 0.5) is 0 Å². The van der Waals surface area contributed by atoms with Gasteiger partial charge in [-0.05, 0) is 31.2 Å². The van der Waals surface area contributed by atoms with Gasteiger partial charge in [-0.1, -0.05) is 12.1 Å². The Kier molecular flexibility index (Phi) is 4.70. The van der Waals surface area contributed by atoms with E-state index >= 15 is 0 Å². The lowest BCUT2D eigenvalue weighted by Gasteiger charge is -2.10. The van der Waals surface area contributed by atoms with Gasteiger partial charge in [0.1, 0.15) is 5.01 Å². The lowest BCUT2D eigenvalue weighted by Crippen LogP contribution is -2.10. The molecule has 0 spiro atoms. The molecule has 3 rings (SSSR count). The van der Waals surface area contributed by atoms with Crippen molar-refractivity contribution >= 4 is 39.3 Å². The number of aromatic nitrogens is 2. The van der Waals surface area contributed by atoms with Crippen LogP contribution in [0.1, 0.15) is 18.0 Å². The fourth-order valence-corrected chi connectivity index (χ4v) is 3.54. The van der Waals surface area contributed by atoms with Crippen LogP contribution >= 0.6 is 23.1 Å². The van der Waals surface area contributed by atoms with E-state index < -0.39 is 0 Å². The van der Waals surface area contributed by atoms with E-state index in [0.717, 1.165) is 20.1 Å². The number of ether oxygens (including phenoxy) is 1. The molecule has 0 aliphatic carbocycles. The van der Waals surface area contributed by atoms with Crippen LogP contribution in [-0.2, 0) is 9.53 Å². The van der Waals surface area contributed by atoms with E-state index in [0.29, 0.717) is 0 Å². The van der Waals surface area contributed by atoms with Gasteiger partial charge in [-0.25, -0.2) is 4.98 Å². The van der Waals surface area contributed by atoms with Gasteiger partial charge in [0.15, 0.2) is 6.10 Å². The minimum atomic E-state index is -0.331. The third-order valence-corrected chi connectivity index (χ3v) is 5.16. The van der Waals surface area contributed by atoms with Crippen LogP contribution in [-0.4, -0.2) is 21.7 Å². The van der Waals surface area contributed by atoms with Crippen molar-refractivity contribution in [1.82, 2.24) is 9.97 Å². The van der Waals surface area contributed by atoms with E-state index in [4.69, 9.17) is 4.74 Å². The number of thioether (sulfide) groups is 1. The number of carbonyl (C=O) groups is 1. The lowest BCUT2D eigenvalue weighted by atomic mass is 10.3. The normalized spacial score (nSPS) is 12.2. The number of rotatable bonds is 5. The Morgan fingerprint density at radius 3 is 2.82 bits per heavy atom. The third-order valence-electron chi connectivity index (χ3n) is 2.97. The van der Waals surface area contributed by atoms with Crippen molar-refractivity contribution in [3.8, 4) is 0 Å². The Labute approximate surface area is 136 Å². The highest BCUT2D eigenvalue weighted by atomic mass is 32.2. The highest BCUT2D eigenvalue weighted by Crippen LogP contribution is 2.28. The summed E-state index contributed by atoms with van der Waals surface area (Å²) in [5, 5.41) is 0.823. The molecule has 6 heteroatoms. The Morgan fingerprint density at radius 2 is 2.05 bits per heavy atom. The van der Waals surface area contributed by atoms with Crippen molar-refractivity contribution in [2.24, 2.45) is 0 Å². The van der Waals surface area contributed by atoms with Crippen LogP contribution in [0.5, 0.6) is 0 Å². The Balaban J connectivity index is 1.58. The first-order valence-electron chi connectivity index (χ1n) is 6.80. The number of pyridine rings is 1. The summed E-state index contributed by atoms with van der Waals surface area (Å²) in [6, 6.07) is 11.7. The molecule has 1 aromatic carbocycles. The molecular weight excluding hydrogens is 316 g/mol. The largest absolute Gasteiger partial charge is 0.455 e. The Hall–Kier alpha value is -1.92. The SMILES string of the molecule is CC(OC(=O)CSc1ccncc1)c1nc2ccccc2s1. The summed E-state index contributed by atoms with van der Waals surface area (Å²) < 4.78 is 6.56. The zero-order valence-corrected chi connectivity index (χ0v) is 13.6. The standard InChI is InChI=1S/C16H14N2O2S2/c1-11(16-18-13-4-2-3-5-14(13)22-16)20-15(19)10-21-12-6-8-17-9-7-12/h2-9,11H,10H2,1H3. The second-order valence-electron chi connectivity index (χ2n) is 4.62. The molecule has 0 aliphatic rings. The van der Waals surface area contributed by atoms with E-state index in [-0.39, 0.29) is 17.8 Å². The molecule has 0 saturated heterocycles. The van der Waals surface area contributed by atoms with Crippen molar-refractivity contribution in [2.75, 3.05) is 5.75 Å². The van der Waals surface area contributed by atoms with Crippen molar-refractivity contribution < 1.29 is 9.53 Å². The maximum Gasteiger partial charge on any atom is 0.316 e. The smallest absolute Gasteiger partial charge is 0.316 e. The third kappa shape index (κ3) is 3.64. The molecule has 0 fully saturated rings. The van der Waals surface area contributed by atoms with E-state index in [2.05, 4.69) is 9.97 Å². The summed E-state index contributed by atoms with van der Waals surface area (Å²) in [4.78, 5) is 21.4. The number of hydrogen-bond acceptors (Lipinski definition) is 6. The summed E-state index contributed by atoms with van der Waals surface area (Å²) in [7, 11) is 0. The van der Waals surface area contributed by atoms with E-state index in [1.165, 1.54) is 11.8 Å². The predicted octanol–water partition coefficient (Wildman–Crippen LogP) is 4.09. The molecule has 1 atom stereocenters. The Morgan fingerprint density at radius 1 is 1.27 bits per heavy atom. The van der Waals surface area contributed by atoms with E-state index in [1.807, 2.05) is 43.3 Å². The van der Waals surface area contributed by atoms with Gasteiger partial charge in [0.2, 0.25) is 0 Å². The molecule has 0 amide bonds. The average Bonchev–Trinajstić information content (AvgIpc) is 2.98. The van der Waals surface area contributed by atoms with Gasteiger partial charge >= 0.3 is 5.97 Å². The molecule has 3 aromatic rings. The van der Waals surface area contributed by atoms with Gasteiger partial charge in [-0.15, -0.1) is 23.1 Å². The molecule has 2 aromatic heterocycles. The van der Waals surface area contributed by atoms with Gasteiger partial charge in [0.05, 0.1) is 16.0 Å². The van der Waals surface area contributed by atoms with Crippen LogP contribution in [0, 0.1) is 0 Å². The predicted molar refractivity (Wildman–Crippen MR) is 89.1 cm³/mol. The number of benzene rings is 1. The molecule has 2 heterocycles. The minimum absolute atomic E-state index is 0.242. The summed E-state index contributed by atoms with van der Waals surface area (Å²) in [6.45, 7) is 1.85. The molecule has 112 valence electrons. The van der Waals surface area contributed by atoms with Gasteiger partial charge in [-0.2, -0.15) is 0 Å². The van der Waals surface area contributed by atoms with Crippen LogP contribution in [0.15, 0.2) is 53.7 Å². The fourth-order valence-electron chi connectivity index (χ4n) is 1.92. The number of hydrogen-bond donors (Lipinski definition) is 0.